The molecular weight excluding hydrogens is 206 g/mol. The molecule has 0 aliphatic heterocycles. The van der Waals surface area contributed by atoms with Crippen molar-refractivity contribution in [3.63, 3.8) is 0 Å². The summed E-state index contributed by atoms with van der Waals surface area (Å²) >= 11 is 0. The van der Waals surface area contributed by atoms with Crippen LogP contribution in [0.25, 0.3) is 5.70 Å². The number of aryl methyl sites for hydroxylation is 1. The highest BCUT2D eigenvalue weighted by atomic mass is 16.6. The minimum Gasteiger partial charge on any atom is -0.397 e. The molecule has 5 heteroatoms. The van der Waals surface area contributed by atoms with Crippen molar-refractivity contribution in [1.29, 1.82) is 5.26 Å². The third-order valence-electron chi connectivity index (χ3n) is 2.28. The van der Waals surface area contributed by atoms with E-state index in [4.69, 9.17) is 11.0 Å². The first-order chi connectivity index (χ1) is 7.47. The van der Waals surface area contributed by atoms with Crippen molar-refractivity contribution in [1.82, 2.24) is 0 Å². The zero-order valence-corrected chi connectivity index (χ0v) is 9.02. The van der Waals surface area contributed by atoms with Gasteiger partial charge in [0.25, 0.3) is 5.69 Å². The van der Waals surface area contributed by atoms with E-state index in [2.05, 4.69) is 0 Å². The van der Waals surface area contributed by atoms with E-state index in [1.807, 2.05) is 6.07 Å². The number of nitro groups is 1. The number of nitro benzene ring substituents is 1. The number of nitriles is 1. The van der Waals surface area contributed by atoms with E-state index in [9.17, 15) is 10.1 Å². The molecule has 0 aliphatic carbocycles. The second kappa shape index (κ2) is 4.45. The first-order valence-electron chi connectivity index (χ1n) is 4.59. The highest BCUT2D eigenvalue weighted by molar-refractivity contribution is 5.70. The van der Waals surface area contributed by atoms with Crippen LogP contribution in [0.5, 0.6) is 0 Å². The molecule has 2 N–H and O–H groups in total. The Morgan fingerprint density at radius 2 is 2.19 bits per heavy atom. The number of nitrogens with two attached hydrogens (primary N) is 1. The number of hydrogen-bond donors (Lipinski definition) is 1. The second-order valence-electron chi connectivity index (χ2n) is 3.41. The van der Waals surface area contributed by atoms with Crippen LogP contribution >= 0.6 is 0 Å². The van der Waals surface area contributed by atoms with Crippen molar-refractivity contribution in [2.75, 3.05) is 0 Å². The molecule has 0 saturated carbocycles. The van der Waals surface area contributed by atoms with Crippen molar-refractivity contribution in [2.24, 2.45) is 5.73 Å². The van der Waals surface area contributed by atoms with Gasteiger partial charge in [-0.15, -0.1) is 0 Å². The molecule has 82 valence electrons. The van der Waals surface area contributed by atoms with Crippen LogP contribution in [0.2, 0.25) is 0 Å². The fraction of sp³-hybridized carbons (Fsp3) is 0.182. The predicted molar refractivity (Wildman–Crippen MR) is 60.2 cm³/mol. The van der Waals surface area contributed by atoms with E-state index < -0.39 is 4.92 Å². The maximum absolute atomic E-state index is 10.6. The standard InChI is InChI=1S/C11H11N3O2/c1-7-5-9(11(13)8(2)6-12)3-4-10(7)14(15)16/h3-5H,13H2,1-2H3/b11-8-. The first-order valence-corrected chi connectivity index (χ1v) is 4.59. The average molecular weight is 217 g/mol. The molecule has 0 amide bonds. The fourth-order valence-electron chi connectivity index (χ4n) is 1.30. The Morgan fingerprint density at radius 3 is 2.62 bits per heavy atom. The second-order valence-corrected chi connectivity index (χ2v) is 3.41. The summed E-state index contributed by atoms with van der Waals surface area (Å²) in [6, 6.07) is 6.48. The Hall–Kier alpha value is -2.35. The lowest BCUT2D eigenvalue weighted by Crippen LogP contribution is -2.00. The summed E-state index contributed by atoms with van der Waals surface area (Å²) in [5.74, 6) is 0. The summed E-state index contributed by atoms with van der Waals surface area (Å²) in [7, 11) is 0. The van der Waals surface area contributed by atoms with Gasteiger partial charge in [0.15, 0.2) is 0 Å². The molecule has 5 nitrogen and oxygen atoms in total. The van der Waals surface area contributed by atoms with Crippen molar-refractivity contribution < 1.29 is 4.92 Å². The average Bonchev–Trinajstić information content (AvgIpc) is 2.26. The van der Waals surface area contributed by atoms with Crippen molar-refractivity contribution in [2.45, 2.75) is 13.8 Å². The van der Waals surface area contributed by atoms with E-state index in [0.29, 0.717) is 22.4 Å². The molecule has 0 fully saturated rings. The smallest absolute Gasteiger partial charge is 0.272 e. The number of hydrogen-bond acceptors (Lipinski definition) is 4. The Bertz CT molecular complexity index is 512. The van der Waals surface area contributed by atoms with Crippen LogP contribution in [-0.4, -0.2) is 4.92 Å². The van der Waals surface area contributed by atoms with Crippen LogP contribution in [0, 0.1) is 28.4 Å². The van der Waals surface area contributed by atoms with Crippen LogP contribution in [-0.2, 0) is 0 Å². The van der Waals surface area contributed by atoms with Crippen molar-refractivity contribution >= 4 is 11.4 Å². The number of rotatable bonds is 2. The maximum Gasteiger partial charge on any atom is 0.272 e. The summed E-state index contributed by atoms with van der Waals surface area (Å²) in [6.45, 7) is 3.24. The van der Waals surface area contributed by atoms with E-state index in [1.165, 1.54) is 6.07 Å². The largest absolute Gasteiger partial charge is 0.397 e. The van der Waals surface area contributed by atoms with E-state index in [0.717, 1.165) is 0 Å². The number of nitrogens with zero attached hydrogens (tertiary/aromatic N) is 2. The predicted octanol–water partition coefficient (Wildman–Crippen LogP) is 2.12. The van der Waals surface area contributed by atoms with Gasteiger partial charge in [-0.25, -0.2) is 0 Å². The topological polar surface area (TPSA) is 93.0 Å². The van der Waals surface area contributed by atoms with Gasteiger partial charge in [-0.1, -0.05) is 0 Å². The lowest BCUT2D eigenvalue weighted by molar-refractivity contribution is -0.385. The Kier molecular flexibility index (Phi) is 3.26. The fourth-order valence-corrected chi connectivity index (χ4v) is 1.30. The molecule has 0 spiro atoms. The monoisotopic (exact) mass is 217 g/mol. The zero-order chi connectivity index (χ0) is 12.3. The van der Waals surface area contributed by atoms with Crippen LogP contribution in [0.15, 0.2) is 23.8 Å². The van der Waals surface area contributed by atoms with Crippen LogP contribution in [0.1, 0.15) is 18.1 Å². The molecule has 0 radical (unpaired) electrons. The molecule has 0 saturated heterocycles. The molecule has 0 aliphatic rings. The minimum absolute atomic E-state index is 0.0474. The Balaban J connectivity index is 3.28. The van der Waals surface area contributed by atoms with Crippen LogP contribution in [0.3, 0.4) is 0 Å². The third kappa shape index (κ3) is 2.17. The molecule has 0 unspecified atom stereocenters. The highest BCUT2D eigenvalue weighted by Crippen LogP contribution is 2.22. The number of allylic oxidation sites excluding steroid dienone is 1. The van der Waals surface area contributed by atoms with Gasteiger partial charge < -0.3 is 5.73 Å². The quantitative estimate of drug-likeness (QED) is 0.466. The van der Waals surface area contributed by atoms with Crippen LogP contribution in [0.4, 0.5) is 5.69 Å². The summed E-state index contributed by atoms with van der Waals surface area (Å²) in [6.07, 6.45) is 0. The van der Waals surface area contributed by atoms with Gasteiger partial charge in [-0.3, -0.25) is 10.1 Å². The Morgan fingerprint density at radius 1 is 1.56 bits per heavy atom. The molecule has 0 heterocycles. The van der Waals surface area contributed by atoms with Gasteiger partial charge >= 0.3 is 0 Å². The van der Waals surface area contributed by atoms with Crippen molar-refractivity contribution in [3.8, 4) is 6.07 Å². The minimum atomic E-state index is -0.448. The highest BCUT2D eigenvalue weighted by Gasteiger charge is 2.11. The van der Waals surface area contributed by atoms with E-state index in [1.54, 1.807) is 26.0 Å². The van der Waals surface area contributed by atoms with Crippen LogP contribution < -0.4 is 5.73 Å². The van der Waals surface area contributed by atoms with Gasteiger partial charge in [0.1, 0.15) is 0 Å². The molecule has 16 heavy (non-hydrogen) atoms. The molecule has 0 bridgehead atoms. The summed E-state index contributed by atoms with van der Waals surface area (Å²) in [5.41, 5.74) is 7.67. The SMILES string of the molecule is C/C(C#N)=C(/N)c1ccc([N+](=O)[O-])c(C)c1. The van der Waals surface area contributed by atoms with Gasteiger partial charge in [-0.2, -0.15) is 5.26 Å². The first kappa shape index (κ1) is 11.7. The molecule has 0 atom stereocenters. The number of benzene rings is 1. The summed E-state index contributed by atoms with van der Waals surface area (Å²) in [5, 5.41) is 19.3. The molecule has 0 aromatic heterocycles. The molecular formula is C11H11N3O2. The van der Waals surface area contributed by atoms with Gasteiger partial charge in [0.05, 0.1) is 16.7 Å². The van der Waals surface area contributed by atoms with Crippen molar-refractivity contribution in [3.05, 3.63) is 45.0 Å². The lowest BCUT2D eigenvalue weighted by atomic mass is 10.0. The molecule has 1 aromatic rings. The molecule has 1 aromatic carbocycles. The lowest BCUT2D eigenvalue weighted by Gasteiger charge is -2.04. The molecule has 1 rings (SSSR count). The van der Waals surface area contributed by atoms with E-state index in [-0.39, 0.29) is 5.69 Å². The third-order valence-corrected chi connectivity index (χ3v) is 2.28. The summed E-state index contributed by atoms with van der Waals surface area (Å²) in [4.78, 5) is 10.2. The maximum atomic E-state index is 10.6. The van der Waals surface area contributed by atoms with E-state index >= 15 is 0 Å². The summed E-state index contributed by atoms with van der Waals surface area (Å²) < 4.78 is 0. The van der Waals surface area contributed by atoms with Gasteiger partial charge in [0.2, 0.25) is 0 Å². The zero-order valence-electron chi connectivity index (χ0n) is 9.02. The van der Waals surface area contributed by atoms with Gasteiger partial charge in [0, 0.05) is 17.2 Å². The Labute approximate surface area is 93.0 Å². The normalized spacial score (nSPS) is 11.6. The van der Waals surface area contributed by atoms with Gasteiger partial charge in [-0.05, 0) is 31.5 Å².